The Hall–Kier alpha value is -1.75. The molecule has 138 valence electrons. The third-order valence-electron chi connectivity index (χ3n) is 4.91. The average Bonchev–Trinajstić information content (AvgIpc) is 2.63. The number of hydrogen-bond acceptors (Lipinski definition) is 4. The summed E-state index contributed by atoms with van der Waals surface area (Å²) >= 11 is 6.08. The lowest BCUT2D eigenvalue weighted by molar-refractivity contribution is 0.218. The quantitative estimate of drug-likeness (QED) is 0.586. The van der Waals surface area contributed by atoms with Crippen molar-refractivity contribution in [3.05, 3.63) is 51.1 Å². The Kier molecular flexibility index (Phi) is 5.76. The molecule has 0 N–H and O–H groups in total. The minimum Gasteiger partial charge on any atom is -0.496 e. The molecule has 1 aliphatic heterocycles. The van der Waals surface area contributed by atoms with Crippen LogP contribution in [-0.2, 0) is 6.54 Å². The molecule has 4 nitrogen and oxygen atoms in total. The van der Waals surface area contributed by atoms with Gasteiger partial charge in [0.15, 0.2) is 0 Å². The van der Waals surface area contributed by atoms with E-state index in [1.807, 2.05) is 6.07 Å². The molecule has 0 amide bonds. The number of benzene rings is 2. The van der Waals surface area contributed by atoms with E-state index >= 15 is 0 Å². The third kappa shape index (κ3) is 3.41. The highest BCUT2D eigenvalue weighted by Gasteiger charge is 2.19. The second-order valence-corrected chi connectivity index (χ2v) is 6.97. The number of hydrogen-bond donors (Lipinski definition) is 0. The Morgan fingerprint density at radius 2 is 1.85 bits per heavy atom. The minimum atomic E-state index is -0.0320. The van der Waals surface area contributed by atoms with Crippen molar-refractivity contribution in [2.24, 2.45) is 0 Å². The van der Waals surface area contributed by atoms with Crippen molar-refractivity contribution in [1.29, 1.82) is 0 Å². The van der Waals surface area contributed by atoms with Gasteiger partial charge in [0.2, 0.25) is 5.43 Å². The maximum atomic E-state index is 12.9. The molecule has 0 radical (unpaired) electrons. The van der Waals surface area contributed by atoms with Gasteiger partial charge < -0.3 is 9.15 Å². The first-order chi connectivity index (χ1) is 12.2. The summed E-state index contributed by atoms with van der Waals surface area (Å²) in [6.07, 6.45) is 3.69. The summed E-state index contributed by atoms with van der Waals surface area (Å²) in [5, 5.41) is 1.68. The second-order valence-electron chi connectivity index (χ2n) is 6.53. The van der Waals surface area contributed by atoms with Crippen molar-refractivity contribution >= 4 is 45.9 Å². The molecule has 0 unspecified atom stereocenters. The Labute approximate surface area is 163 Å². The molecule has 0 saturated carbocycles. The number of fused-ring (bicyclic) bond motifs is 2. The summed E-state index contributed by atoms with van der Waals surface area (Å²) in [6.45, 7) is 2.84. The van der Waals surface area contributed by atoms with Gasteiger partial charge in [-0.1, -0.05) is 18.0 Å². The standard InChI is InChI=1S/C20H20ClNO3.ClH/c1-24-17-8-7-15-19(23)14-6-5-13(21)11-18(14)25-20(15)16(17)12-22-9-3-2-4-10-22;/h5-8,11H,2-4,9-10,12H2,1H3;1H. The van der Waals surface area contributed by atoms with Gasteiger partial charge in [0.1, 0.15) is 16.9 Å². The van der Waals surface area contributed by atoms with Crippen LogP contribution in [0.5, 0.6) is 5.75 Å². The highest BCUT2D eigenvalue weighted by Crippen LogP contribution is 2.31. The number of ether oxygens (including phenoxy) is 1. The summed E-state index contributed by atoms with van der Waals surface area (Å²) in [6, 6.07) is 8.78. The van der Waals surface area contributed by atoms with Crippen LogP contribution in [0.1, 0.15) is 24.8 Å². The van der Waals surface area contributed by atoms with Gasteiger partial charge in [-0.15, -0.1) is 12.4 Å². The number of piperidine rings is 1. The first-order valence-corrected chi connectivity index (χ1v) is 8.99. The van der Waals surface area contributed by atoms with E-state index in [9.17, 15) is 4.79 Å². The van der Waals surface area contributed by atoms with Crippen molar-refractivity contribution in [3.8, 4) is 5.75 Å². The molecule has 26 heavy (non-hydrogen) atoms. The van der Waals surface area contributed by atoms with Crippen molar-refractivity contribution < 1.29 is 9.15 Å². The van der Waals surface area contributed by atoms with Crippen molar-refractivity contribution in [2.75, 3.05) is 20.2 Å². The van der Waals surface area contributed by atoms with E-state index in [2.05, 4.69) is 4.90 Å². The van der Waals surface area contributed by atoms with Gasteiger partial charge in [0.25, 0.3) is 0 Å². The average molecular weight is 394 g/mol. The van der Waals surface area contributed by atoms with Crippen molar-refractivity contribution in [2.45, 2.75) is 25.8 Å². The minimum absolute atomic E-state index is 0. The molecule has 0 spiro atoms. The van der Waals surface area contributed by atoms with E-state index in [4.69, 9.17) is 20.8 Å². The predicted molar refractivity (Wildman–Crippen MR) is 108 cm³/mol. The lowest BCUT2D eigenvalue weighted by Crippen LogP contribution is -2.29. The molecule has 1 aliphatic rings. The van der Waals surface area contributed by atoms with Gasteiger partial charge >= 0.3 is 0 Å². The summed E-state index contributed by atoms with van der Waals surface area (Å²) in [7, 11) is 1.65. The highest BCUT2D eigenvalue weighted by atomic mass is 35.5. The molecule has 1 fully saturated rings. The predicted octanol–water partition coefficient (Wildman–Crippen LogP) is 5.02. The van der Waals surface area contributed by atoms with E-state index in [1.165, 1.54) is 19.3 Å². The first kappa shape index (κ1) is 19.0. The van der Waals surface area contributed by atoms with Crippen LogP contribution in [0.3, 0.4) is 0 Å². The van der Waals surface area contributed by atoms with E-state index in [1.54, 1.807) is 31.4 Å². The highest BCUT2D eigenvalue weighted by molar-refractivity contribution is 6.31. The van der Waals surface area contributed by atoms with Crippen LogP contribution >= 0.6 is 24.0 Å². The van der Waals surface area contributed by atoms with Gasteiger partial charge in [0, 0.05) is 17.6 Å². The SMILES string of the molecule is COc1ccc2c(=O)c3ccc(Cl)cc3oc2c1CN1CCCCC1.Cl. The Morgan fingerprint density at radius 1 is 1.12 bits per heavy atom. The van der Waals surface area contributed by atoms with Gasteiger partial charge in [-0.2, -0.15) is 0 Å². The topological polar surface area (TPSA) is 42.7 Å². The number of likely N-dealkylation sites (tertiary alicyclic amines) is 1. The van der Waals surface area contributed by atoms with Gasteiger partial charge in [-0.25, -0.2) is 0 Å². The fourth-order valence-corrected chi connectivity index (χ4v) is 3.77. The molecular formula is C20H21Cl2NO3. The van der Waals surface area contributed by atoms with Crippen molar-refractivity contribution in [3.63, 3.8) is 0 Å². The van der Waals surface area contributed by atoms with Crippen molar-refractivity contribution in [1.82, 2.24) is 4.90 Å². The van der Waals surface area contributed by atoms with Crippen LogP contribution in [-0.4, -0.2) is 25.1 Å². The zero-order valence-electron chi connectivity index (χ0n) is 14.6. The van der Waals surface area contributed by atoms with Gasteiger partial charge in [0.05, 0.1) is 23.4 Å². The lowest BCUT2D eigenvalue weighted by Gasteiger charge is -2.27. The normalized spacial score (nSPS) is 15.2. The summed E-state index contributed by atoms with van der Waals surface area (Å²) in [5.74, 6) is 0.752. The molecule has 2 heterocycles. The molecule has 3 aromatic rings. The lowest BCUT2D eigenvalue weighted by atomic mass is 10.0. The molecule has 0 atom stereocenters. The molecular weight excluding hydrogens is 373 g/mol. The molecule has 0 aliphatic carbocycles. The summed E-state index contributed by atoms with van der Waals surface area (Å²) in [4.78, 5) is 15.3. The Bertz CT molecular complexity index is 994. The monoisotopic (exact) mass is 393 g/mol. The number of rotatable bonds is 3. The maximum Gasteiger partial charge on any atom is 0.200 e. The summed E-state index contributed by atoms with van der Waals surface area (Å²) in [5.41, 5.74) is 2.01. The van der Waals surface area contributed by atoms with E-state index < -0.39 is 0 Å². The van der Waals surface area contributed by atoms with Crippen LogP contribution in [0.15, 0.2) is 39.5 Å². The maximum absolute atomic E-state index is 12.9. The number of methoxy groups -OCH3 is 1. The molecule has 6 heteroatoms. The fourth-order valence-electron chi connectivity index (χ4n) is 3.61. The molecule has 0 bridgehead atoms. The summed E-state index contributed by atoms with van der Waals surface area (Å²) < 4.78 is 11.7. The smallest absolute Gasteiger partial charge is 0.200 e. The molecule has 1 aromatic heterocycles. The van der Waals surface area contributed by atoms with Gasteiger partial charge in [-0.05, 0) is 50.2 Å². The number of halogens is 2. The van der Waals surface area contributed by atoms with Gasteiger partial charge in [-0.3, -0.25) is 9.69 Å². The Balaban J connectivity index is 0.00000196. The molecule has 1 saturated heterocycles. The molecule has 2 aromatic carbocycles. The van der Waals surface area contributed by atoms with Crippen LogP contribution in [0.25, 0.3) is 21.9 Å². The molecule has 4 rings (SSSR count). The first-order valence-electron chi connectivity index (χ1n) is 8.61. The van der Waals surface area contributed by atoms with E-state index in [0.29, 0.717) is 27.0 Å². The largest absolute Gasteiger partial charge is 0.496 e. The van der Waals surface area contributed by atoms with Crippen LogP contribution in [0.2, 0.25) is 5.02 Å². The fraction of sp³-hybridized carbons (Fsp3) is 0.350. The van der Waals surface area contributed by atoms with Crippen LogP contribution in [0, 0.1) is 0 Å². The van der Waals surface area contributed by atoms with Crippen LogP contribution < -0.4 is 10.2 Å². The number of nitrogens with zero attached hydrogens (tertiary/aromatic N) is 1. The van der Waals surface area contributed by atoms with E-state index in [0.717, 1.165) is 30.9 Å². The zero-order chi connectivity index (χ0) is 17.4. The second kappa shape index (κ2) is 7.87. The third-order valence-corrected chi connectivity index (χ3v) is 5.15. The van der Waals surface area contributed by atoms with E-state index in [-0.39, 0.29) is 17.8 Å². The Morgan fingerprint density at radius 3 is 2.58 bits per heavy atom. The zero-order valence-corrected chi connectivity index (χ0v) is 16.2. The van der Waals surface area contributed by atoms with Crippen LogP contribution in [0.4, 0.5) is 0 Å².